The second-order valence-electron chi connectivity index (χ2n) is 5.89. The van der Waals surface area contributed by atoms with Crippen LogP contribution in [0.1, 0.15) is 16.8 Å². The topological polar surface area (TPSA) is 49.9 Å². The number of carbonyl (C=O) groups is 2. The maximum Gasteiger partial charge on any atom is 0.253 e. The number of hydrogen-bond acceptors (Lipinski definition) is 3. The molecule has 0 bridgehead atoms. The average molecular weight is 323 g/mol. The number of fused-ring (bicyclic) bond motifs is 1. The molecule has 1 aromatic carbocycles. The number of likely N-dealkylation sites (N-methyl/N-ethyl adjacent to an activating group) is 1. The van der Waals surface area contributed by atoms with Crippen LogP contribution in [0.2, 0.25) is 5.02 Å². The minimum absolute atomic E-state index is 0.0128. The lowest BCUT2D eigenvalue weighted by molar-refractivity contribution is -0.134. The van der Waals surface area contributed by atoms with Gasteiger partial charge in [0.25, 0.3) is 5.91 Å². The molecule has 118 valence electrons. The average Bonchev–Trinajstić information content (AvgIpc) is 2.67. The summed E-state index contributed by atoms with van der Waals surface area (Å²) in [6, 6.07) is 6.94. The highest BCUT2D eigenvalue weighted by molar-refractivity contribution is 6.30. The first-order chi connectivity index (χ1) is 10.6. The summed E-state index contributed by atoms with van der Waals surface area (Å²) in [7, 11) is 1.80. The molecule has 0 aliphatic carbocycles. The lowest BCUT2D eigenvalue weighted by atomic mass is 9.91. The summed E-state index contributed by atoms with van der Waals surface area (Å²) in [5.74, 6) is 0.264. The normalized spacial score (nSPS) is 25.6. The van der Waals surface area contributed by atoms with Crippen LogP contribution in [-0.4, -0.2) is 61.0 Å². The van der Waals surface area contributed by atoms with Gasteiger partial charge in [0.1, 0.15) is 6.61 Å². The number of halogens is 1. The van der Waals surface area contributed by atoms with E-state index in [1.807, 2.05) is 4.90 Å². The summed E-state index contributed by atoms with van der Waals surface area (Å²) in [5.41, 5.74) is 0.627. The second kappa shape index (κ2) is 6.26. The zero-order chi connectivity index (χ0) is 15.7. The van der Waals surface area contributed by atoms with Gasteiger partial charge in [-0.3, -0.25) is 9.59 Å². The van der Waals surface area contributed by atoms with Crippen LogP contribution in [0, 0.1) is 5.92 Å². The van der Waals surface area contributed by atoms with Crippen LogP contribution in [-0.2, 0) is 9.53 Å². The van der Waals surface area contributed by atoms with Crippen LogP contribution >= 0.6 is 11.6 Å². The number of likely N-dealkylation sites (tertiary alicyclic amines) is 1. The predicted molar refractivity (Wildman–Crippen MR) is 82.8 cm³/mol. The summed E-state index contributed by atoms with van der Waals surface area (Å²) in [5, 5.41) is 0.613. The number of ether oxygens (including phenoxy) is 1. The standard InChI is InChI=1S/C16H19ClN2O3/c1-18-14-8-19(7-6-12(14)9-22-10-15(18)20)16(21)11-2-4-13(17)5-3-11/h2-5,12,14H,6-10H2,1H3/t12-,14-/m0/s1. The largest absolute Gasteiger partial charge is 0.371 e. The molecular formula is C16H19ClN2O3. The lowest BCUT2D eigenvalue weighted by Crippen LogP contribution is -2.54. The van der Waals surface area contributed by atoms with Crippen molar-refractivity contribution in [2.75, 3.05) is 33.4 Å². The second-order valence-corrected chi connectivity index (χ2v) is 6.33. The van der Waals surface area contributed by atoms with E-state index < -0.39 is 0 Å². The molecule has 2 amide bonds. The summed E-state index contributed by atoms with van der Waals surface area (Å²) >= 11 is 5.86. The number of piperidine rings is 1. The maximum absolute atomic E-state index is 12.6. The highest BCUT2D eigenvalue weighted by atomic mass is 35.5. The van der Waals surface area contributed by atoms with Crippen LogP contribution in [0.3, 0.4) is 0 Å². The number of nitrogens with zero attached hydrogens (tertiary/aromatic N) is 2. The number of amides is 2. The molecule has 0 radical (unpaired) electrons. The zero-order valence-corrected chi connectivity index (χ0v) is 13.3. The molecule has 1 aromatic rings. The first-order valence-corrected chi connectivity index (χ1v) is 7.82. The molecule has 2 aliphatic heterocycles. The van der Waals surface area contributed by atoms with Gasteiger partial charge in [-0.15, -0.1) is 0 Å². The molecule has 0 N–H and O–H groups in total. The van der Waals surface area contributed by atoms with E-state index in [4.69, 9.17) is 16.3 Å². The van der Waals surface area contributed by atoms with Crippen molar-refractivity contribution in [1.82, 2.24) is 9.80 Å². The Morgan fingerprint density at radius 1 is 1.32 bits per heavy atom. The van der Waals surface area contributed by atoms with E-state index in [1.165, 1.54) is 0 Å². The fourth-order valence-electron chi connectivity index (χ4n) is 3.16. The zero-order valence-electron chi connectivity index (χ0n) is 12.5. The number of hydrogen-bond donors (Lipinski definition) is 0. The molecule has 2 heterocycles. The van der Waals surface area contributed by atoms with Crippen molar-refractivity contribution in [2.24, 2.45) is 5.92 Å². The molecule has 0 spiro atoms. The van der Waals surface area contributed by atoms with Crippen molar-refractivity contribution in [3.05, 3.63) is 34.9 Å². The van der Waals surface area contributed by atoms with E-state index in [-0.39, 0.29) is 24.5 Å². The first kappa shape index (κ1) is 15.3. The Morgan fingerprint density at radius 3 is 2.77 bits per heavy atom. The molecule has 2 fully saturated rings. The van der Waals surface area contributed by atoms with Gasteiger partial charge in [0.15, 0.2) is 0 Å². The summed E-state index contributed by atoms with van der Waals surface area (Å²) in [6.45, 7) is 1.96. The van der Waals surface area contributed by atoms with E-state index in [1.54, 1.807) is 36.2 Å². The number of carbonyl (C=O) groups excluding carboxylic acids is 2. The molecule has 2 saturated heterocycles. The monoisotopic (exact) mass is 322 g/mol. The van der Waals surface area contributed by atoms with Gasteiger partial charge in [0.2, 0.25) is 5.91 Å². The van der Waals surface area contributed by atoms with E-state index in [0.717, 1.165) is 6.42 Å². The van der Waals surface area contributed by atoms with Gasteiger partial charge in [-0.25, -0.2) is 0 Å². The van der Waals surface area contributed by atoms with Crippen molar-refractivity contribution >= 4 is 23.4 Å². The van der Waals surface area contributed by atoms with Crippen LogP contribution in [0.5, 0.6) is 0 Å². The third kappa shape index (κ3) is 2.96. The Balaban J connectivity index is 1.75. The molecule has 0 saturated carbocycles. The fraction of sp³-hybridized carbons (Fsp3) is 0.500. The van der Waals surface area contributed by atoms with E-state index in [0.29, 0.717) is 36.2 Å². The summed E-state index contributed by atoms with van der Waals surface area (Å²) < 4.78 is 5.43. The van der Waals surface area contributed by atoms with Gasteiger partial charge in [-0.1, -0.05) is 11.6 Å². The molecule has 22 heavy (non-hydrogen) atoms. The molecule has 3 rings (SSSR count). The highest BCUT2D eigenvalue weighted by Crippen LogP contribution is 2.25. The van der Waals surface area contributed by atoms with E-state index >= 15 is 0 Å². The Hall–Kier alpha value is -1.59. The smallest absolute Gasteiger partial charge is 0.253 e. The van der Waals surface area contributed by atoms with E-state index in [9.17, 15) is 9.59 Å². The van der Waals surface area contributed by atoms with Crippen LogP contribution in [0.25, 0.3) is 0 Å². The summed E-state index contributed by atoms with van der Waals surface area (Å²) in [6.07, 6.45) is 0.849. The van der Waals surface area contributed by atoms with Crippen molar-refractivity contribution in [3.8, 4) is 0 Å². The first-order valence-electron chi connectivity index (χ1n) is 7.44. The third-order valence-electron chi connectivity index (χ3n) is 4.55. The van der Waals surface area contributed by atoms with Gasteiger partial charge in [0, 0.05) is 36.6 Å². The Labute approximate surface area is 134 Å². The molecule has 0 aromatic heterocycles. The molecular weight excluding hydrogens is 304 g/mol. The van der Waals surface area contributed by atoms with Crippen molar-refractivity contribution in [3.63, 3.8) is 0 Å². The number of rotatable bonds is 1. The Bertz CT molecular complexity index is 575. The fourth-order valence-corrected chi connectivity index (χ4v) is 3.28. The van der Waals surface area contributed by atoms with Gasteiger partial charge in [-0.05, 0) is 30.7 Å². The molecule has 6 heteroatoms. The van der Waals surface area contributed by atoms with Crippen molar-refractivity contribution in [2.45, 2.75) is 12.5 Å². The lowest BCUT2D eigenvalue weighted by Gasteiger charge is -2.41. The van der Waals surface area contributed by atoms with Gasteiger partial charge in [-0.2, -0.15) is 0 Å². The maximum atomic E-state index is 12.6. The molecule has 5 nitrogen and oxygen atoms in total. The Morgan fingerprint density at radius 2 is 2.05 bits per heavy atom. The van der Waals surface area contributed by atoms with Crippen molar-refractivity contribution in [1.29, 1.82) is 0 Å². The van der Waals surface area contributed by atoms with Gasteiger partial charge >= 0.3 is 0 Å². The van der Waals surface area contributed by atoms with Crippen molar-refractivity contribution < 1.29 is 14.3 Å². The predicted octanol–water partition coefficient (Wildman–Crippen LogP) is 1.66. The minimum Gasteiger partial charge on any atom is -0.371 e. The highest BCUT2D eigenvalue weighted by Gasteiger charge is 2.37. The summed E-state index contributed by atoms with van der Waals surface area (Å²) in [4.78, 5) is 28.1. The quantitative estimate of drug-likeness (QED) is 0.790. The molecule has 2 atom stereocenters. The van der Waals surface area contributed by atoms with Crippen LogP contribution in [0.15, 0.2) is 24.3 Å². The van der Waals surface area contributed by atoms with E-state index in [2.05, 4.69) is 0 Å². The minimum atomic E-state index is -0.0201. The van der Waals surface area contributed by atoms with Crippen LogP contribution in [0.4, 0.5) is 0 Å². The van der Waals surface area contributed by atoms with Gasteiger partial charge < -0.3 is 14.5 Å². The molecule has 2 aliphatic rings. The SMILES string of the molecule is CN1C(=O)COC[C@@H]2CCN(C(=O)c3ccc(Cl)cc3)C[C@@H]21. The molecule has 0 unspecified atom stereocenters. The van der Waals surface area contributed by atoms with Crippen LogP contribution < -0.4 is 0 Å². The van der Waals surface area contributed by atoms with Gasteiger partial charge in [0.05, 0.1) is 12.6 Å². The number of benzene rings is 1. The Kier molecular flexibility index (Phi) is 4.36. The third-order valence-corrected chi connectivity index (χ3v) is 4.80.